The third-order valence-corrected chi connectivity index (χ3v) is 4.72. The fraction of sp³-hybridized carbons (Fsp3) is 0.467. The number of carbonyl (C=O) groups excluding carboxylic acids is 2. The van der Waals surface area contributed by atoms with Crippen molar-refractivity contribution in [3.8, 4) is 0 Å². The summed E-state index contributed by atoms with van der Waals surface area (Å²) in [5.41, 5.74) is 0. The minimum Gasteiger partial charge on any atom is -0.300 e. The second kappa shape index (κ2) is 7.94. The van der Waals surface area contributed by atoms with Gasteiger partial charge >= 0.3 is 0 Å². The molecule has 0 aliphatic rings. The zero-order chi connectivity index (χ0) is 15.0. The Hall–Kier alpha value is -1.49. The zero-order valence-corrected chi connectivity index (χ0v) is 12.5. The molecule has 0 aliphatic carbocycles. The van der Waals surface area contributed by atoms with Crippen molar-refractivity contribution in [2.45, 2.75) is 43.9 Å². The zero-order valence-electron chi connectivity index (χ0n) is 11.7. The van der Waals surface area contributed by atoms with Crippen LogP contribution in [0.25, 0.3) is 0 Å². The molecule has 0 aromatic heterocycles. The number of carbonyl (C=O) groups is 2. The van der Waals surface area contributed by atoms with Crippen molar-refractivity contribution in [3.63, 3.8) is 0 Å². The second-order valence-corrected chi connectivity index (χ2v) is 6.94. The lowest BCUT2D eigenvalue weighted by molar-refractivity contribution is -0.119. The third-order valence-electron chi connectivity index (χ3n) is 2.99. The monoisotopic (exact) mass is 296 g/mol. The van der Waals surface area contributed by atoms with Crippen LogP contribution >= 0.6 is 0 Å². The molecule has 0 aliphatic heterocycles. The maximum atomic E-state index is 12.0. The van der Waals surface area contributed by atoms with Gasteiger partial charge in [0.05, 0.1) is 10.6 Å². The predicted octanol–water partition coefficient (Wildman–Crippen LogP) is 2.57. The van der Waals surface area contributed by atoms with Gasteiger partial charge < -0.3 is 4.79 Å². The molecule has 0 saturated carbocycles. The minimum atomic E-state index is -3.37. The van der Waals surface area contributed by atoms with E-state index in [9.17, 15) is 18.0 Å². The van der Waals surface area contributed by atoms with Gasteiger partial charge in [-0.2, -0.15) is 0 Å². The van der Waals surface area contributed by atoms with E-state index < -0.39 is 9.84 Å². The Labute approximate surface area is 120 Å². The molecule has 1 rings (SSSR count). The van der Waals surface area contributed by atoms with Gasteiger partial charge in [0.25, 0.3) is 0 Å². The van der Waals surface area contributed by atoms with Gasteiger partial charge in [0, 0.05) is 19.3 Å². The molecule has 1 aromatic carbocycles. The van der Waals surface area contributed by atoms with Crippen molar-refractivity contribution in [1.82, 2.24) is 0 Å². The van der Waals surface area contributed by atoms with Crippen LogP contribution in [-0.4, -0.2) is 25.7 Å². The van der Waals surface area contributed by atoms with Crippen LogP contribution in [0.4, 0.5) is 0 Å². The first-order chi connectivity index (χ1) is 9.42. The van der Waals surface area contributed by atoms with Gasteiger partial charge in [0.2, 0.25) is 0 Å². The molecular weight excluding hydrogens is 276 g/mol. The van der Waals surface area contributed by atoms with Crippen LogP contribution in [0.5, 0.6) is 0 Å². The molecule has 20 heavy (non-hydrogen) atoms. The van der Waals surface area contributed by atoms with E-state index in [2.05, 4.69) is 0 Å². The summed E-state index contributed by atoms with van der Waals surface area (Å²) in [4.78, 5) is 22.6. The lowest BCUT2D eigenvalue weighted by Gasteiger charge is -2.04. The number of Topliss-reactive ketones (excluding diaryl/α,β-unsaturated/α-hetero) is 2. The average Bonchev–Trinajstić information content (AvgIpc) is 2.42. The predicted molar refractivity (Wildman–Crippen MR) is 77.3 cm³/mol. The SMILES string of the molecule is CC(=O)CCCCC(=O)CCS(=O)(=O)c1ccccc1. The maximum Gasteiger partial charge on any atom is 0.178 e. The molecule has 110 valence electrons. The van der Waals surface area contributed by atoms with Gasteiger partial charge in [-0.1, -0.05) is 18.2 Å². The van der Waals surface area contributed by atoms with Crippen molar-refractivity contribution in [1.29, 1.82) is 0 Å². The van der Waals surface area contributed by atoms with Gasteiger partial charge in [-0.25, -0.2) is 8.42 Å². The van der Waals surface area contributed by atoms with Gasteiger partial charge in [-0.15, -0.1) is 0 Å². The summed E-state index contributed by atoms with van der Waals surface area (Å²) in [5, 5.41) is 0. The number of hydrogen-bond donors (Lipinski definition) is 0. The number of sulfone groups is 1. The lowest BCUT2D eigenvalue weighted by atomic mass is 10.1. The highest BCUT2D eigenvalue weighted by atomic mass is 32.2. The molecule has 0 unspecified atom stereocenters. The number of benzene rings is 1. The summed E-state index contributed by atoms with van der Waals surface area (Å²) >= 11 is 0. The molecule has 0 saturated heterocycles. The smallest absolute Gasteiger partial charge is 0.178 e. The van der Waals surface area contributed by atoms with Crippen molar-refractivity contribution < 1.29 is 18.0 Å². The van der Waals surface area contributed by atoms with Gasteiger partial charge in [-0.05, 0) is 31.9 Å². The largest absolute Gasteiger partial charge is 0.300 e. The molecule has 0 N–H and O–H groups in total. The van der Waals surface area contributed by atoms with Gasteiger partial charge in [0.1, 0.15) is 11.6 Å². The molecule has 5 heteroatoms. The third kappa shape index (κ3) is 6.10. The van der Waals surface area contributed by atoms with E-state index in [1.54, 1.807) is 18.2 Å². The number of rotatable bonds is 9. The van der Waals surface area contributed by atoms with Crippen LogP contribution in [0, 0.1) is 0 Å². The standard InChI is InChI=1S/C15H20O4S/c1-13(16)7-5-6-8-14(17)11-12-20(18,19)15-9-3-2-4-10-15/h2-4,9-10H,5-8,11-12H2,1H3. The Bertz CT molecular complexity index is 546. The summed E-state index contributed by atoms with van der Waals surface area (Å²) in [7, 11) is -3.37. The van der Waals surface area contributed by atoms with Crippen LogP contribution in [0.15, 0.2) is 35.2 Å². The maximum absolute atomic E-state index is 12.0. The van der Waals surface area contributed by atoms with Crippen molar-refractivity contribution in [2.24, 2.45) is 0 Å². The highest BCUT2D eigenvalue weighted by Crippen LogP contribution is 2.12. The molecule has 0 amide bonds. The summed E-state index contributed by atoms with van der Waals surface area (Å²) < 4.78 is 23.9. The van der Waals surface area contributed by atoms with E-state index >= 15 is 0 Å². The lowest BCUT2D eigenvalue weighted by Crippen LogP contribution is -2.11. The molecule has 0 bridgehead atoms. The van der Waals surface area contributed by atoms with E-state index in [0.29, 0.717) is 25.7 Å². The first-order valence-corrected chi connectivity index (χ1v) is 8.36. The van der Waals surface area contributed by atoms with Crippen molar-refractivity contribution >= 4 is 21.4 Å². The minimum absolute atomic E-state index is 0.0390. The van der Waals surface area contributed by atoms with Crippen LogP contribution < -0.4 is 0 Å². The van der Waals surface area contributed by atoms with E-state index in [4.69, 9.17) is 0 Å². The summed E-state index contributed by atoms with van der Waals surface area (Å²) in [6.45, 7) is 1.52. The second-order valence-electron chi connectivity index (χ2n) is 4.83. The molecule has 0 spiro atoms. The normalized spacial score (nSPS) is 11.2. The van der Waals surface area contributed by atoms with Gasteiger partial charge in [0.15, 0.2) is 9.84 Å². The van der Waals surface area contributed by atoms with Crippen LogP contribution in [0.1, 0.15) is 39.0 Å². The van der Waals surface area contributed by atoms with Crippen LogP contribution in [0.2, 0.25) is 0 Å². The van der Waals surface area contributed by atoms with Crippen molar-refractivity contribution in [2.75, 3.05) is 5.75 Å². The summed E-state index contributed by atoms with van der Waals surface area (Å²) in [5.74, 6) is -0.0973. The van der Waals surface area contributed by atoms with E-state index in [1.807, 2.05) is 0 Å². The number of unbranched alkanes of at least 4 members (excludes halogenated alkanes) is 1. The topological polar surface area (TPSA) is 68.3 Å². The number of ketones is 2. The Kier molecular flexibility index (Phi) is 6.58. The Morgan fingerprint density at radius 2 is 1.55 bits per heavy atom. The summed E-state index contributed by atoms with van der Waals surface area (Å²) in [6, 6.07) is 8.14. The molecule has 1 aromatic rings. The van der Waals surface area contributed by atoms with Crippen LogP contribution in [-0.2, 0) is 19.4 Å². The van der Waals surface area contributed by atoms with Gasteiger partial charge in [-0.3, -0.25) is 4.79 Å². The molecule has 4 nitrogen and oxygen atoms in total. The fourth-order valence-electron chi connectivity index (χ4n) is 1.81. The first kappa shape index (κ1) is 16.6. The van der Waals surface area contributed by atoms with Crippen LogP contribution in [0.3, 0.4) is 0 Å². The summed E-state index contributed by atoms with van der Waals surface area (Å²) in [6.07, 6.45) is 2.20. The van der Waals surface area contributed by atoms with E-state index in [1.165, 1.54) is 19.1 Å². The molecule has 0 heterocycles. The Morgan fingerprint density at radius 3 is 2.15 bits per heavy atom. The average molecular weight is 296 g/mol. The van der Waals surface area contributed by atoms with E-state index in [-0.39, 0.29) is 28.6 Å². The van der Waals surface area contributed by atoms with E-state index in [0.717, 1.165) is 0 Å². The van der Waals surface area contributed by atoms with Crippen molar-refractivity contribution in [3.05, 3.63) is 30.3 Å². The Morgan fingerprint density at radius 1 is 0.950 bits per heavy atom. The Balaban J connectivity index is 2.35. The quantitative estimate of drug-likeness (QED) is 0.657. The molecule has 0 atom stereocenters. The number of hydrogen-bond acceptors (Lipinski definition) is 4. The first-order valence-electron chi connectivity index (χ1n) is 6.71. The highest BCUT2D eigenvalue weighted by Gasteiger charge is 2.15. The molecule has 0 radical (unpaired) electrons. The molecular formula is C15H20O4S. The fourth-order valence-corrected chi connectivity index (χ4v) is 3.12. The highest BCUT2D eigenvalue weighted by molar-refractivity contribution is 7.91. The molecule has 0 fully saturated rings.